The van der Waals surface area contributed by atoms with Crippen molar-refractivity contribution < 1.29 is 14.7 Å². The van der Waals surface area contributed by atoms with Crippen molar-refractivity contribution in [2.24, 2.45) is 5.92 Å². The Kier molecular flexibility index (Phi) is 3.66. The Labute approximate surface area is 101 Å². The molecule has 5 heteroatoms. The van der Waals surface area contributed by atoms with Crippen molar-refractivity contribution in [3.63, 3.8) is 0 Å². The van der Waals surface area contributed by atoms with E-state index in [9.17, 15) is 9.59 Å². The van der Waals surface area contributed by atoms with Gasteiger partial charge in [0, 0.05) is 6.54 Å². The largest absolute Gasteiger partial charge is 0.480 e. The SMILES string of the molecule is CC1CCCNC1C(=O)N1CCC[C@@H]1C(=O)O. The van der Waals surface area contributed by atoms with Crippen molar-refractivity contribution in [1.82, 2.24) is 10.2 Å². The summed E-state index contributed by atoms with van der Waals surface area (Å²) in [4.78, 5) is 24.9. The molecule has 0 bridgehead atoms. The third-order valence-corrected chi connectivity index (χ3v) is 3.86. The number of carboxylic acid groups (broad SMARTS) is 1. The lowest BCUT2D eigenvalue weighted by Gasteiger charge is -2.33. The van der Waals surface area contributed by atoms with Gasteiger partial charge in [0.1, 0.15) is 6.04 Å². The Morgan fingerprint density at radius 2 is 2.06 bits per heavy atom. The second-order valence-corrected chi connectivity index (χ2v) is 5.08. The number of aliphatic carboxylic acids is 1. The molecule has 96 valence electrons. The van der Waals surface area contributed by atoms with Gasteiger partial charge in [-0.2, -0.15) is 0 Å². The van der Waals surface area contributed by atoms with E-state index in [-0.39, 0.29) is 11.9 Å². The van der Waals surface area contributed by atoms with Crippen molar-refractivity contribution in [2.45, 2.75) is 44.7 Å². The zero-order chi connectivity index (χ0) is 12.4. The molecule has 2 N–H and O–H groups in total. The Morgan fingerprint density at radius 3 is 2.71 bits per heavy atom. The lowest BCUT2D eigenvalue weighted by molar-refractivity contribution is -0.149. The predicted molar refractivity (Wildman–Crippen MR) is 62.6 cm³/mol. The van der Waals surface area contributed by atoms with E-state index in [1.165, 1.54) is 0 Å². The summed E-state index contributed by atoms with van der Waals surface area (Å²) in [5.74, 6) is -0.604. The van der Waals surface area contributed by atoms with Gasteiger partial charge in [-0.25, -0.2) is 4.79 Å². The number of hydrogen-bond acceptors (Lipinski definition) is 3. The average Bonchev–Trinajstić information content (AvgIpc) is 2.77. The first kappa shape index (κ1) is 12.4. The Morgan fingerprint density at radius 1 is 1.29 bits per heavy atom. The highest BCUT2D eigenvalue weighted by Crippen LogP contribution is 2.23. The number of carbonyl (C=O) groups is 2. The predicted octanol–water partition coefficient (Wildman–Crippen LogP) is 0.450. The molecule has 0 radical (unpaired) electrons. The first-order chi connectivity index (χ1) is 8.11. The van der Waals surface area contributed by atoms with Gasteiger partial charge in [-0.1, -0.05) is 6.92 Å². The number of carboxylic acids is 1. The number of carbonyl (C=O) groups excluding carboxylic acids is 1. The fourth-order valence-corrected chi connectivity index (χ4v) is 2.85. The minimum atomic E-state index is -0.876. The highest BCUT2D eigenvalue weighted by atomic mass is 16.4. The summed E-state index contributed by atoms with van der Waals surface area (Å²) in [6, 6.07) is -0.804. The van der Waals surface area contributed by atoms with E-state index in [0.29, 0.717) is 18.9 Å². The van der Waals surface area contributed by atoms with Crippen molar-refractivity contribution in [3.8, 4) is 0 Å². The van der Waals surface area contributed by atoms with E-state index in [0.717, 1.165) is 25.8 Å². The van der Waals surface area contributed by atoms with Crippen LogP contribution in [-0.4, -0.2) is 47.1 Å². The highest BCUT2D eigenvalue weighted by Gasteiger charge is 2.39. The van der Waals surface area contributed by atoms with Gasteiger partial charge in [0.15, 0.2) is 0 Å². The van der Waals surface area contributed by atoms with Crippen LogP contribution in [0.2, 0.25) is 0 Å². The minimum Gasteiger partial charge on any atom is -0.480 e. The smallest absolute Gasteiger partial charge is 0.326 e. The Hall–Kier alpha value is -1.10. The van der Waals surface area contributed by atoms with Crippen LogP contribution in [0.4, 0.5) is 0 Å². The van der Waals surface area contributed by atoms with Gasteiger partial charge >= 0.3 is 5.97 Å². The number of piperidine rings is 1. The topological polar surface area (TPSA) is 69.6 Å². The first-order valence-electron chi connectivity index (χ1n) is 6.38. The molecule has 17 heavy (non-hydrogen) atoms. The molecule has 2 aliphatic rings. The summed E-state index contributed by atoms with van der Waals surface area (Å²) in [5.41, 5.74) is 0. The normalized spacial score (nSPS) is 33.7. The van der Waals surface area contributed by atoms with Crippen molar-refractivity contribution in [2.75, 3.05) is 13.1 Å². The zero-order valence-corrected chi connectivity index (χ0v) is 10.2. The van der Waals surface area contributed by atoms with Gasteiger partial charge in [-0.05, 0) is 38.1 Å². The molecule has 2 aliphatic heterocycles. The molecule has 2 heterocycles. The lowest BCUT2D eigenvalue weighted by atomic mass is 9.91. The quantitative estimate of drug-likeness (QED) is 0.735. The fraction of sp³-hybridized carbons (Fsp3) is 0.833. The van der Waals surface area contributed by atoms with Gasteiger partial charge < -0.3 is 15.3 Å². The van der Waals surface area contributed by atoms with Gasteiger partial charge in [0.2, 0.25) is 5.91 Å². The van der Waals surface area contributed by atoms with Crippen LogP contribution in [0.1, 0.15) is 32.6 Å². The third kappa shape index (κ3) is 2.44. The molecule has 0 spiro atoms. The van der Waals surface area contributed by atoms with Crippen LogP contribution in [-0.2, 0) is 9.59 Å². The molecule has 2 unspecified atom stereocenters. The number of hydrogen-bond donors (Lipinski definition) is 2. The summed E-state index contributed by atoms with van der Waals surface area (Å²) in [7, 11) is 0. The average molecular weight is 240 g/mol. The van der Waals surface area contributed by atoms with Crippen LogP contribution in [0, 0.1) is 5.92 Å². The second-order valence-electron chi connectivity index (χ2n) is 5.08. The van der Waals surface area contributed by atoms with Gasteiger partial charge in [0.25, 0.3) is 0 Å². The number of nitrogens with one attached hydrogen (secondary N) is 1. The second kappa shape index (κ2) is 5.04. The van der Waals surface area contributed by atoms with Crippen molar-refractivity contribution >= 4 is 11.9 Å². The van der Waals surface area contributed by atoms with Crippen LogP contribution >= 0.6 is 0 Å². The van der Waals surface area contributed by atoms with Gasteiger partial charge in [-0.15, -0.1) is 0 Å². The zero-order valence-electron chi connectivity index (χ0n) is 10.2. The van der Waals surface area contributed by atoms with E-state index in [2.05, 4.69) is 12.2 Å². The molecule has 5 nitrogen and oxygen atoms in total. The van der Waals surface area contributed by atoms with Crippen LogP contribution in [0.15, 0.2) is 0 Å². The Balaban J connectivity index is 2.05. The van der Waals surface area contributed by atoms with E-state index in [1.807, 2.05) is 0 Å². The number of rotatable bonds is 2. The molecule has 0 aromatic rings. The molecule has 0 aliphatic carbocycles. The summed E-state index contributed by atoms with van der Waals surface area (Å²) < 4.78 is 0. The summed E-state index contributed by atoms with van der Waals surface area (Å²) in [5, 5.41) is 12.3. The van der Waals surface area contributed by atoms with E-state index in [1.54, 1.807) is 4.90 Å². The molecular weight excluding hydrogens is 220 g/mol. The maximum absolute atomic E-state index is 12.3. The number of likely N-dealkylation sites (tertiary alicyclic amines) is 1. The summed E-state index contributed by atoms with van der Waals surface area (Å²) in [6.07, 6.45) is 3.51. The van der Waals surface area contributed by atoms with E-state index in [4.69, 9.17) is 5.11 Å². The van der Waals surface area contributed by atoms with Crippen LogP contribution in [0.3, 0.4) is 0 Å². The summed E-state index contributed by atoms with van der Waals surface area (Å²) in [6.45, 7) is 3.49. The van der Waals surface area contributed by atoms with Crippen LogP contribution in [0.25, 0.3) is 0 Å². The first-order valence-corrected chi connectivity index (χ1v) is 6.38. The summed E-state index contributed by atoms with van der Waals surface area (Å²) >= 11 is 0. The number of amides is 1. The molecule has 1 amide bonds. The van der Waals surface area contributed by atoms with Gasteiger partial charge in [-0.3, -0.25) is 4.79 Å². The maximum atomic E-state index is 12.3. The molecule has 0 aromatic carbocycles. The standard InChI is InChI=1S/C12H20N2O3/c1-8-4-2-6-13-10(8)11(15)14-7-3-5-9(14)12(16)17/h8-10,13H,2-7H2,1H3,(H,16,17)/t8?,9-,10?/m1/s1. The third-order valence-electron chi connectivity index (χ3n) is 3.86. The highest BCUT2D eigenvalue weighted by molar-refractivity contribution is 5.87. The van der Waals surface area contributed by atoms with Crippen LogP contribution < -0.4 is 5.32 Å². The monoisotopic (exact) mass is 240 g/mol. The van der Waals surface area contributed by atoms with E-state index >= 15 is 0 Å². The molecule has 0 saturated carbocycles. The van der Waals surface area contributed by atoms with Gasteiger partial charge in [0.05, 0.1) is 6.04 Å². The molecule has 0 aromatic heterocycles. The van der Waals surface area contributed by atoms with E-state index < -0.39 is 12.0 Å². The molecule has 2 saturated heterocycles. The lowest BCUT2D eigenvalue weighted by Crippen LogP contribution is -2.54. The van der Waals surface area contributed by atoms with Crippen LogP contribution in [0.5, 0.6) is 0 Å². The molecular formula is C12H20N2O3. The number of nitrogens with zero attached hydrogens (tertiary/aromatic N) is 1. The molecule has 2 rings (SSSR count). The molecule has 3 atom stereocenters. The van der Waals surface area contributed by atoms with Crippen molar-refractivity contribution in [1.29, 1.82) is 0 Å². The molecule has 2 fully saturated rings. The Bertz CT molecular complexity index is 319. The fourth-order valence-electron chi connectivity index (χ4n) is 2.85. The minimum absolute atomic E-state index is 0.0258. The maximum Gasteiger partial charge on any atom is 0.326 e. The van der Waals surface area contributed by atoms with Crippen molar-refractivity contribution in [3.05, 3.63) is 0 Å².